The van der Waals surface area contributed by atoms with Crippen molar-refractivity contribution in [3.8, 4) is 101 Å². The number of benzene rings is 9. The van der Waals surface area contributed by atoms with E-state index in [1.54, 1.807) is 0 Å². The summed E-state index contributed by atoms with van der Waals surface area (Å²) < 4.78 is 0. The molecule has 58 heavy (non-hydrogen) atoms. The van der Waals surface area contributed by atoms with Gasteiger partial charge in [-0.3, -0.25) is 0 Å². The van der Waals surface area contributed by atoms with Gasteiger partial charge < -0.3 is 0 Å². The van der Waals surface area contributed by atoms with Crippen LogP contribution in [0.5, 0.6) is 0 Å². The quantitative estimate of drug-likeness (QED) is 0.163. The lowest BCUT2D eigenvalue weighted by atomic mass is 9.89. The minimum Gasteiger partial charge on any atom is -0.228 e. The smallest absolute Gasteiger partial charge is 0.160 e. The molecule has 0 saturated heterocycles. The highest BCUT2D eigenvalue weighted by Gasteiger charge is 2.23. The van der Waals surface area contributed by atoms with Crippen molar-refractivity contribution >= 4 is 10.8 Å². The molecule has 0 atom stereocenters. The summed E-state index contributed by atoms with van der Waals surface area (Å²) in [7, 11) is 0. The molecule has 2 heteroatoms. The third-order valence-electron chi connectivity index (χ3n) is 11.5. The zero-order chi connectivity index (χ0) is 38.4. The van der Waals surface area contributed by atoms with Gasteiger partial charge in [-0.25, -0.2) is 9.97 Å². The predicted octanol–water partition coefficient (Wildman–Crippen LogP) is 14.9. The van der Waals surface area contributed by atoms with E-state index in [0.29, 0.717) is 5.82 Å². The molecule has 1 aliphatic rings. The van der Waals surface area contributed by atoms with Crippen molar-refractivity contribution in [2.24, 2.45) is 0 Å². The van der Waals surface area contributed by atoms with Gasteiger partial charge in [-0.05, 0) is 89.7 Å². The number of hydrogen-bond donors (Lipinski definition) is 0. The third-order valence-corrected chi connectivity index (χ3v) is 11.5. The van der Waals surface area contributed by atoms with Crippen LogP contribution in [-0.4, -0.2) is 9.97 Å². The van der Waals surface area contributed by atoms with E-state index in [-0.39, 0.29) is 0 Å². The molecular weight excluding hydrogens is 701 g/mol. The summed E-state index contributed by atoms with van der Waals surface area (Å²) in [5.74, 6) is 0.709. The molecule has 2 nitrogen and oxygen atoms in total. The van der Waals surface area contributed by atoms with E-state index < -0.39 is 0 Å². The summed E-state index contributed by atoms with van der Waals surface area (Å²) in [5, 5.41) is 2.64. The first-order chi connectivity index (χ1) is 28.7. The Kier molecular flexibility index (Phi) is 8.19. The van der Waals surface area contributed by atoms with Crippen LogP contribution in [-0.2, 0) is 0 Å². The fourth-order valence-corrected chi connectivity index (χ4v) is 8.64. The van der Waals surface area contributed by atoms with Crippen LogP contribution in [0.2, 0.25) is 0 Å². The van der Waals surface area contributed by atoms with Gasteiger partial charge in [-0.2, -0.15) is 0 Å². The molecule has 10 aromatic rings. The minimum absolute atomic E-state index is 0.709. The fourth-order valence-electron chi connectivity index (χ4n) is 8.64. The van der Waals surface area contributed by atoms with Crippen molar-refractivity contribution in [3.05, 3.63) is 218 Å². The van der Waals surface area contributed by atoms with Gasteiger partial charge in [-0.1, -0.05) is 206 Å². The van der Waals surface area contributed by atoms with Crippen LogP contribution in [0.25, 0.3) is 111 Å². The predicted molar refractivity (Wildman–Crippen MR) is 242 cm³/mol. The lowest BCUT2D eigenvalue weighted by Gasteiger charge is -2.14. The van der Waals surface area contributed by atoms with Gasteiger partial charge in [-0.15, -0.1) is 0 Å². The maximum absolute atomic E-state index is 5.09. The number of fused-ring (bicyclic) bond motifs is 3. The normalized spacial score (nSPS) is 11.4. The maximum atomic E-state index is 5.09. The van der Waals surface area contributed by atoms with Crippen molar-refractivity contribution < 1.29 is 0 Å². The van der Waals surface area contributed by atoms with Crippen LogP contribution in [0.3, 0.4) is 0 Å². The number of aromatic nitrogens is 2. The molecule has 0 N–H and O–H groups in total. The standard InChI is InChI=1S/C56H36N2/c1-3-13-37(14-4-1)43-17-11-18-44(35-43)54-36-53(57-56(58-54)42-15-5-2-6-16-42)41-31-27-39(28-32-41)38-25-29-40(30-26-38)45-19-7-8-20-46(45)49-33-34-52-48-22-10-9-21-47(48)50-23-12-24-51(49)55(50)52/h1-36H. The van der Waals surface area contributed by atoms with Crippen LogP contribution in [0.15, 0.2) is 218 Å². The molecule has 1 aliphatic carbocycles. The Morgan fingerprint density at radius 3 is 1.33 bits per heavy atom. The molecule has 0 spiro atoms. The van der Waals surface area contributed by atoms with Crippen LogP contribution < -0.4 is 0 Å². The second-order valence-corrected chi connectivity index (χ2v) is 14.9. The van der Waals surface area contributed by atoms with E-state index >= 15 is 0 Å². The Balaban J connectivity index is 0.917. The lowest BCUT2D eigenvalue weighted by molar-refractivity contribution is 1.18. The molecule has 270 valence electrons. The molecule has 0 saturated carbocycles. The van der Waals surface area contributed by atoms with Crippen LogP contribution >= 0.6 is 0 Å². The van der Waals surface area contributed by atoms with E-state index in [2.05, 4.69) is 194 Å². The van der Waals surface area contributed by atoms with E-state index in [9.17, 15) is 0 Å². The highest BCUT2D eigenvalue weighted by molar-refractivity contribution is 6.19. The average molecular weight is 737 g/mol. The van der Waals surface area contributed by atoms with Crippen molar-refractivity contribution in [1.82, 2.24) is 9.97 Å². The molecule has 0 radical (unpaired) electrons. The topological polar surface area (TPSA) is 25.8 Å². The Morgan fingerprint density at radius 1 is 0.224 bits per heavy atom. The summed E-state index contributed by atoms with van der Waals surface area (Å²) in [6.07, 6.45) is 0. The van der Waals surface area contributed by atoms with Gasteiger partial charge in [0.05, 0.1) is 11.4 Å². The van der Waals surface area contributed by atoms with E-state index in [4.69, 9.17) is 9.97 Å². The SMILES string of the molecule is c1ccc(-c2cccc(-c3cc(-c4ccc(-c5ccc(-c6ccccc6-c6ccc7c8c(cccc68)-c6ccccc6-7)cc5)cc4)nc(-c4ccccc4)n3)c2)cc1. The Hall–Kier alpha value is -7.68. The second-order valence-electron chi connectivity index (χ2n) is 14.9. The van der Waals surface area contributed by atoms with Crippen LogP contribution in [0.1, 0.15) is 0 Å². The van der Waals surface area contributed by atoms with Gasteiger partial charge in [0, 0.05) is 16.7 Å². The molecule has 0 bridgehead atoms. The summed E-state index contributed by atoms with van der Waals surface area (Å²) in [4.78, 5) is 10.2. The summed E-state index contributed by atoms with van der Waals surface area (Å²) in [6, 6.07) is 78.1. The summed E-state index contributed by atoms with van der Waals surface area (Å²) in [6.45, 7) is 0. The monoisotopic (exact) mass is 736 g/mol. The Labute approximate surface area is 338 Å². The van der Waals surface area contributed by atoms with Crippen molar-refractivity contribution in [2.75, 3.05) is 0 Å². The maximum Gasteiger partial charge on any atom is 0.160 e. The highest BCUT2D eigenvalue weighted by atomic mass is 14.9. The van der Waals surface area contributed by atoms with Crippen molar-refractivity contribution in [2.45, 2.75) is 0 Å². The molecule has 0 aliphatic heterocycles. The average Bonchev–Trinajstić information content (AvgIpc) is 3.64. The first kappa shape index (κ1) is 33.6. The van der Waals surface area contributed by atoms with Gasteiger partial charge in [0.2, 0.25) is 0 Å². The molecule has 1 heterocycles. The molecule has 0 unspecified atom stereocenters. The van der Waals surface area contributed by atoms with Gasteiger partial charge >= 0.3 is 0 Å². The van der Waals surface area contributed by atoms with Gasteiger partial charge in [0.1, 0.15) is 0 Å². The highest BCUT2D eigenvalue weighted by Crippen LogP contribution is 2.50. The Bertz CT molecular complexity index is 3100. The zero-order valence-corrected chi connectivity index (χ0v) is 31.7. The first-order valence-electron chi connectivity index (χ1n) is 19.8. The molecule has 9 aromatic carbocycles. The minimum atomic E-state index is 0.709. The third kappa shape index (κ3) is 5.91. The van der Waals surface area contributed by atoms with E-state index in [1.807, 2.05) is 24.3 Å². The van der Waals surface area contributed by atoms with E-state index in [0.717, 1.165) is 39.2 Å². The molecular formula is C56H36N2. The van der Waals surface area contributed by atoms with Crippen LogP contribution in [0, 0.1) is 0 Å². The van der Waals surface area contributed by atoms with Crippen LogP contribution in [0.4, 0.5) is 0 Å². The Morgan fingerprint density at radius 2 is 0.655 bits per heavy atom. The number of nitrogens with zero attached hydrogens (tertiary/aromatic N) is 2. The number of rotatable bonds is 7. The first-order valence-corrected chi connectivity index (χ1v) is 19.8. The summed E-state index contributed by atoms with van der Waals surface area (Å²) in [5.41, 5.74) is 19.7. The van der Waals surface area contributed by atoms with Gasteiger partial charge in [0.25, 0.3) is 0 Å². The largest absolute Gasteiger partial charge is 0.228 e. The molecule has 0 amide bonds. The molecule has 1 aromatic heterocycles. The van der Waals surface area contributed by atoms with Gasteiger partial charge in [0.15, 0.2) is 5.82 Å². The fraction of sp³-hybridized carbons (Fsp3) is 0. The second kappa shape index (κ2) is 14.1. The van der Waals surface area contributed by atoms with Crippen molar-refractivity contribution in [3.63, 3.8) is 0 Å². The lowest BCUT2D eigenvalue weighted by Crippen LogP contribution is -1.96. The molecule has 0 fully saturated rings. The van der Waals surface area contributed by atoms with E-state index in [1.165, 1.54) is 66.4 Å². The van der Waals surface area contributed by atoms with Crippen molar-refractivity contribution in [1.29, 1.82) is 0 Å². The molecule has 11 rings (SSSR count). The zero-order valence-electron chi connectivity index (χ0n) is 31.7. The summed E-state index contributed by atoms with van der Waals surface area (Å²) >= 11 is 0. The number of hydrogen-bond acceptors (Lipinski definition) is 2.